The smallest absolute Gasteiger partial charge is 0.323 e. The highest BCUT2D eigenvalue weighted by Gasteiger charge is 2.18. The van der Waals surface area contributed by atoms with Crippen molar-refractivity contribution in [2.45, 2.75) is 20.3 Å². The molecule has 1 aromatic rings. The van der Waals surface area contributed by atoms with Gasteiger partial charge >= 0.3 is 6.01 Å². The fourth-order valence-electron chi connectivity index (χ4n) is 2.08. The van der Waals surface area contributed by atoms with Crippen LogP contribution in [0.25, 0.3) is 0 Å². The van der Waals surface area contributed by atoms with Gasteiger partial charge in [0.05, 0.1) is 13.2 Å². The van der Waals surface area contributed by atoms with Gasteiger partial charge in [0.25, 0.3) is 0 Å². The molecule has 1 aromatic heterocycles. The molecule has 0 saturated carbocycles. The maximum absolute atomic E-state index is 5.70. The van der Waals surface area contributed by atoms with Crippen molar-refractivity contribution in [3.05, 3.63) is 0 Å². The third-order valence-electron chi connectivity index (χ3n) is 3.35. The standard InChI is InChI=1S/C13H23N5O2/c1-4-18(5-2)12-15-11(14-3)16-13(17-12)20-9-10-6-7-19-8-10/h10H,4-9H2,1-3H3,(H,14,15,16,17). The van der Waals surface area contributed by atoms with Crippen molar-refractivity contribution in [2.24, 2.45) is 5.92 Å². The van der Waals surface area contributed by atoms with E-state index >= 15 is 0 Å². The summed E-state index contributed by atoms with van der Waals surface area (Å²) in [4.78, 5) is 15.1. The number of nitrogens with zero attached hydrogens (tertiary/aromatic N) is 4. The number of hydrogen-bond acceptors (Lipinski definition) is 7. The van der Waals surface area contributed by atoms with Gasteiger partial charge in [0.1, 0.15) is 0 Å². The fourth-order valence-corrected chi connectivity index (χ4v) is 2.08. The first kappa shape index (κ1) is 14.8. The summed E-state index contributed by atoms with van der Waals surface area (Å²) < 4.78 is 11.0. The lowest BCUT2D eigenvalue weighted by Gasteiger charge is -2.19. The van der Waals surface area contributed by atoms with Crippen LogP contribution in [0.5, 0.6) is 6.01 Å². The summed E-state index contributed by atoms with van der Waals surface area (Å²) in [6.07, 6.45) is 1.03. The van der Waals surface area contributed by atoms with Crippen LogP contribution in [-0.2, 0) is 4.74 Å². The van der Waals surface area contributed by atoms with E-state index in [0.717, 1.165) is 32.7 Å². The first-order valence-electron chi connectivity index (χ1n) is 7.16. The Hall–Kier alpha value is -1.63. The zero-order valence-corrected chi connectivity index (χ0v) is 12.4. The van der Waals surface area contributed by atoms with E-state index in [1.54, 1.807) is 7.05 Å². The second-order valence-corrected chi connectivity index (χ2v) is 4.70. The molecule has 0 spiro atoms. The van der Waals surface area contributed by atoms with E-state index in [2.05, 4.69) is 39.0 Å². The number of rotatable bonds is 7. The van der Waals surface area contributed by atoms with Crippen LogP contribution in [-0.4, -0.2) is 54.9 Å². The van der Waals surface area contributed by atoms with Crippen LogP contribution in [0.15, 0.2) is 0 Å². The molecule has 2 rings (SSSR count). The molecular formula is C13H23N5O2. The molecule has 7 heteroatoms. The maximum Gasteiger partial charge on any atom is 0.323 e. The summed E-state index contributed by atoms with van der Waals surface area (Å²) in [5.74, 6) is 1.60. The zero-order chi connectivity index (χ0) is 14.4. The molecule has 1 aliphatic heterocycles. The van der Waals surface area contributed by atoms with E-state index in [1.807, 2.05) is 0 Å². The summed E-state index contributed by atoms with van der Waals surface area (Å²) in [6.45, 7) is 8.00. The van der Waals surface area contributed by atoms with Gasteiger partial charge in [-0.2, -0.15) is 15.0 Å². The fraction of sp³-hybridized carbons (Fsp3) is 0.769. The lowest BCUT2D eigenvalue weighted by atomic mass is 10.1. The highest BCUT2D eigenvalue weighted by Crippen LogP contribution is 2.17. The highest BCUT2D eigenvalue weighted by molar-refractivity contribution is 5.37. The highest BCUT2D eigenvalue weighted by atomic mass is 16.5. The molecule has 20 heavy (non-hydrogen) atoms. The summed E-state index contributed by atoms with van der Waals surface area (Å²) in [5.41, 5.74) is 0. The molecule has 0 radical (unpaired) electrons. The van der Waals surface area contributed by atoms with Crippen molar-refractivity contribution in [1.82, 2.24) is 15.0 Å². The molecule has 0 amide bonds. The topological polar surface area (TPSA) is 72.4 Å². The van der Waals surface area contributed by atoms with Crippen LogP contribution in [0.1, 0.15) is 20.3 Å². The number of anilines is 2. The van der Waals surface area contributed by atoms with E-state index in [1.165, 1.54) is 0 Å². The van der Waals surface area contributed by atoms with Gasteiger partial charge in [0.15, 0.2) is 0 Å². The second-order valence-electron chi connectivity index (χ2n) is 4.70. The number of hydrogen-bond donors (Lipinski definition) is 1. The average Bonchev–Trinajstić information content (AvgIpc) is 2.99. The van der Waals surface area contributed by atoms with Crippen molar-refractivity contribution in [3.63, 3.8) is 0 Å². The molecule has 7 nitrogen and oxygen atoms in total. The Morgan fingerprint density at radius 2 is 2.10 bits per heavy atom. The van der Waals surface area contributed by atoms with Crippen LogP contribution >= 0.6 is 0 Å². The molecule has 0 aromatic carbocycles. The number of aromatic nitrogens is 3. The minimum atomic E-state index is 0.373. The maximum atomic E-state index is 5.70. The van der Waals surface area contributed by atoms with Gasteiger partial charge in [-0.15, -0.1) is 0 Å². The van der Waals surface area contributed by atoms with Crippen molar-refractivity contribution in [2.75, 3.05) is 50.2 Å². The Morgan fingerprint density at radius 1 is 1.30 bits per heavy atom. The summed E-state index contributed by atoms with van der Waals surface area (Å²) in [6, 6.07) is 0.373. The van der Waals surface area contributed by atoms with Crippen molar-refractivity contribution >= 4 is 11.9 Å². The van der Waals surface area contributed by atoms with Gasteiger partial charge in [-0.25, -0.2) is 0 Å². The van der Waals surface area contributed by atoms with E-state index in [4.69, 9.17) is 9.47 Å². The molecule has 0 aliphatic carbocycles. The van der Waals surface area contributed by atoms with E-state index < -0.39 is 0 Å². The van der Waals surface area contributed by atoms with Gasteiger partial charge in [-0.05, 0) is 20.3 Å². The van der Waals surface area contributed by atoms with Crippen LogP contribution in [0.3, 0.4) is 0 Å². The molecule has 1 unspecified atom stereocenters. The molecule has 1 atom stereocenters. The van der Waals surface area contributed by atoms with Gasteiger partial charge in [0.2, 0.25) is 11.9 Å². The molecule has 2 heterocycles. The van der Waals surface area contributed by atoms with Crippen molar-refractivity contribution < 1.29 is 9.47 Å². The Kier molecular flexibility index (Phi) is 5.34. The lowest BCUT2D eigenvalue weighted by Crippen LogP contribution is -2.25. The van der Waals surface area contributed by atoms with Gasteiger partial charge in [-0.1, -0.05) is 0 Å². The van der Waals surface area contributed by atoms with E-state index in [0.29, 0.717) is 30.4 Å². The first-order chi connectivity index (χ1) is 9.76. The van der Waals surface area contributed by atoms with E-state index in [9.17, 15) is 0 Å². The molecule has 0 bridgehead atoms. The van der Waals surface area contributed by atoms with Crippen LogP contribution < -0.4 is 15.0 Å². The van der Waals surface area contributed by atoms with Crippen molar-refractivity contribution in [1.29, 1.82) is 0 Å². The quantitative estimate of drug-likeness (QED) is 0.804. The van der Waals surface area contributed by atoms with Crippen LogP contribution in [0.2, 0.25) is 0 Å². The monoisotopic (exact) mass is 281 g/mol. The van der Waals surface area contributed by atoms with Gasteiger partial charge < -0.3 is 19.7 Å². The average molecular weight is 281 g/mol. The molecular weight excluding hydrogens is 258 g/mol. The Labute approximate surface area is 119 Å². The minimum absolute atomic E-state index is 0.373. The first-order valence-corrected chi connectivity index (χ1v) is 7.16. The van der Waals surface area contributed by atoms with Crippen LogP contribution in [0.4, 0.5) is 11.9 Å². The SMILES string of the molecule is CCN(CC)c1nc(NC)nc(OCC2CCOC2)n1. The minimum Gasteiger partial charge on any atom is -0.463 e. The number of nitrogens with one attached hydrogen (secondary N) is 1. The Morgan fingerprint density at radius 3 is 2.70 bits per heavy atom. The summed E-state index contributed by atoms with van der Waals surface area (Å²) in [7, 11) is 1.79. The van der Waals surface area contributed by atoms with Crippen LogP contribution in [0, 0.1) is 5.92 Å². The summed E-state index contributed by atoms with van der Waals surface area (Å²) in [5, 5.41) is 2.95. The largest absolute Gasteiger partial charge is 0.463 e. The third-order valence-corrected chi connectivity index (χ3v) is 3.35. The number of ether oxygens (including phenoxy) is 2. The predicted octanol–water partition coefficient (Wildman–Crippen LogP) is 1.17. The third kappa shape index (κ3) is 3.69. The molecule has 1 saturated heterocycles. The van der Waals surface area contributed by atoms with Gasteiger partial charge in [-0.3, -0.25) is 0 Å². The Bertz CT molecular complexity index is 419. The molecule has 1 aliphatic rings. The molecule has 112 valence electrons. The lowest BCUT2D eigenvalue weighted by molar-refractivity contribution is 0.163. The van der Waals surface area contributed by atoms with E-state index in [-0.39, 0.29) is 0 Å². The normalized spacial score (nSPS) is 18.1. The molecule has 1 N–H and O–H groups in total. The second kappa shape index (κ2) is 7.23. The van der Waals surface area contributed by atoms with Crippen molar-refractivity contribution in [3.8, 4) is 6.01 Å². The van der Waals surface area contributed by atoms with Gasteiger partial charge in [0, 0.05) is 32.7 Å². The zero-order valence-electron chi connectivity index (χ0n) is 12.4. The summed E-state index contributed by atoms with van der Waals surface area (Å²) >= 11 is 0. The molecule has 1 fully saturated rings. The Balaban J connectivity index is 2.08. The predicted molar refractivity (Wildman–Crippen MR) is 77.4 cm³/mol.